The molecule has 12 rings (SSSR count). The van der Waals surface area contributed by atoms with E-state index in [0.29, 0.717) is 0 Å². The SMILES string of the molecule is CC1(C)c2ccccc2-c2ccc(-n3c4ccccc4c4cc(-c5cccc(-c6cc(-c7ccccc7)cc(N(c7ccccc7)c7ccc(-c8ccccc8)cc7)c6)c5)ccc43)cc21. The number of hydrogen-bond donors (Lipinski definition) is 0. The third-order valence-electron chi connectivity index (χ3n) is 13.6. The van der Waals surface area contributed by atoms with Gasteiger partial charge in [0.2, 0.25) is 0 Å². The second-order valence-electron chi connectivity index (χ2n) is 17.8. The zero-order valence-corrected chi connectivity index (χ0v) is 36.5. The molecule has 0 bridgehead atoms. The monoisotopic (exact) mass is 830 g/mol. The van der Waals surface area contributed by atoms with E-state index >= 15 is 0 Å². The fourth-order valence-corrected chi connectivity index (χ4v) is 10.3. The predicted octanol–water partition coefficient (Wildman–Crippen LogP) is 17.2. The molecule has 11 aromatic rings. The van der Waals surface area contributed by atoms with Gasteiger partial charge >= 0.3 is 0 Å². The number of anilines is 3. The van der Waals surface area contributed by atoms with E-state index in [9.17, 15) is 0 Å². The quantitative estimate of drug-likeness (QED) is 0.148. The molecule has 1 aliphatic rings. The first-order valence-electron chi connectivity index (χ1n) is 22.6. The Hall–Kier alpha value is -8.20. The summed E-state index contributed by atoms with van der Waals surface area (Å²) in [7, 11) is 0. The molecule has 2 heteroatoms. The topological polar surface area (TPSA) is 8.17 Å². The van der Waals surface area contributed by atoms with Gasteiger partial charge in [-0.25, -0.2) is 0 Å². The average molecular weight is 831 g/mol. The molecule has 1 heterocycles. The van der Waals surface area contributed by atoms with Crippen LogP contribution in [0, 0.1) is 0 Å². The molecule has 0 saturated heterocycles. The van der Waals surface area contributed by atoms with Gasteiger partial charge in [-0.2, -0.15) is 0 Å². The van der Waals surface area contributed by atoms with Crippen molar-refractivity contribution in [3.05, 3.63) is 254 Å². The van der Waals surface area contributed by atoms with E-state index in [1.807, 2.05) is 0 Å². The van der Waals surface area contributed by atoms with E-state index < -0.39 is 0 Å². The van der Waals surface area contributed by atoms with Crippen LogP contribution in [0.4, 0.5) is 17.1 Å². The summed E-state index contributed by atoms with van der Waals surface area (Å²) in [5.41, 5.74) is 21.7. The van der Waals surface area contributed by atoms with Crippen LogP contribution in [0.2, 0.25) is 0 Å². The van der Waals surface area contributed by atoms with Crippen molar-refractivity contribution in [1.82, 2.24) is 4.57 Å². The smallest absolute Gasteiger partial charge is 0.0541 e. The van der Waals surface area contributed by atoms with E-state index in [4.69, 9.17) is 0 Å². The number of benzene rings is 10. The number of nitrogens with zero attached hydrogens (tertiary/aromatic N) is 2. The standard InChI is InChI=1S/C63H46N2/c1-63(2)59-27-14-12-25-55(59)56-35-34-53(42-60(56)63)65-61-28-15-13-26-57(61)58-41-48(31-36-62(58)65)46-21-16-22-47(37-46)50-38-49(44-19-8-4-9-20-44)39-54(40-50)64(51-23-10-5-11-24-51)52-32-29-45(30-33-52)43-17-6-3-7-18-43/h3-42H,1-2H3. The van der Waals surface area contributed by atoms with Gasteiger partial charge < -0.3 is 9.47 Å². The van der Waals surface area contributed by atoms with Crippen molar-refractivity contribution in [2.24, 2.45) is 0 Å². The maximum atomic E-state index is 2.45. The second-order valence-corrected chi connectivity index (χ2v) is 17.8. The lowest BCUT2D eigenvalue weighted by Crippen LogP contribution is -2.15. The number of rotatable bonds is 8. The van der Waals surface area contributed by atoms with Gasteiger partial charge in [-0.15, -0.1) is 0 Å². The molecule has 0 radical (unpaired) electrons. The Kier molecular flexibility index (Phi) is 9.21. The van der Waals surface area contributed by atoms with Crippen LogP contribution < -0.4 is 4.90 Å². The molecule has 308 valence electrons. The maximum absolute atomic E-state index is 2.45. The van der Waals surface area contributed by atoms with E-state index in [-0.39, 0.29) is 5.41 Å². The number of aromatic nitrogens is 1. The van der Waals surface area contributed by atoms with E-state index in [1.54, 1.807) is 0 Å². The lowest BCUT2D eigenvalue weighted by atomic mass is 9.82. The highest BCUT2D eigenvalue weighted by Crippen LogP contribution is 2.50. The molecule has 0 saturated carbocycles. The van der Waals surface area contributed by atoms with Crippen molar-refractivity contribution >= 4 is 38.9 Å². The molecule has 10 aromatic carbocycles. The fourth-order valence-electron chi connectivity index (χ4n) is 10.3. The number of fused-ring (bicyclic) bond motifs is 6. The van der Waals surface area contributed by atoms with E-state index in [0.717, 1.165) is 22.6 Å². The zero-order chi connectivity index (χ0) is 43.5. The molecular formula is C63H46N2. The Bertz CT molecular complexity index is 3550. The summed E-state index contributed by atoms with van der Waals surface area (Å²) in [5, 5.41) is 2.50. The average Bonchev–Trinajstić information content (AvgIpc) is 3.82. The maximum Gasteiger partial charge on any atom is 0.0541 e. The summed E-state index contributed by atoms with van der Waals surface area (Å²) in [5.74, 6) is 0. The van der Waals surface area contributed by atoms with Crippen molar-refractivity contribution < 1.29 is 0 Å². The minimum absolute atomic E-state index is 0.0752. The second kappa shape index (κ2) is 15.6. The van der Waals surface area contributed by atoms with Gasteiger partial charge in [-0.1, -0.05) is 178 Å². The van der Waals surface area contributed by atoms with E-state index in [2.05, 4.69) is 266 Å². The summed E-state index contributed by atoms with van der Waals surface area (Å²) >= 11 is 0. The lowest BCUT2D eigenvalue weighted by Gasteiger charge is -2.27. The van der Waals surface area contributed by atoms with Gasteiger partial charge in [0, 0.05) is 38.9 Å². The van der Waals surface area contributed by atoms with Crippen LogP contribution in [0.25, 0.3) is 83.1 Å². The number of para-hydroxylation sites is 2. The fraction of sp³-hybridized carbons (Fsp3) is 0.0476. The van der Waals surface area contributed by atoms with Crippen LogP contribution in [0.3, 0.4) is 0 Å². The third-order valence-corrected chi connectivity index (χ3v) is 13.6. The van der Waals surface area contributed by atoms with Crippen molar-refractivity contribution in [3.63, 3.8) is 0 Å². The van der Waals surface area contributed by atoms with Crippen molar-refractivity contribution in [3.8, 4) is 61.3 Å². The minimum atomic E-state index is -0.0752. The molecule has 0 unspecified atom stereocenters. The molecule has 1 aromatic heterocycles. The van der Waals surface area contributed by atoms with Gasteiger partial charge in [0.25, 0.3) is 0 Å². The Morgan fingerprint density at radius 2 is 0.815 bits per heavy atom. The molecule has 0 atom stereocenters. The van der Waals surface area contributed by atoms with Gasteiger partial charge in [0.1, 0.15) is 0 Å². The zero-order valence-electron chi connectivity index (χ0n) is 36.5. The van der Waals surface area contributed by atoms with Crippen molar-refractivity contribution in [2.75, 3.05) is 4.90 Å². The molecule has 0 fully saturated rings. The molecular weight excluding hydrogens is 785 g/mol. The van der Waals surface area contributed by atoms with Gasteiger partial charge in [-0.05, 0) is 146 Å². The molecule has 2 nitrogen and oxygen atoms in total. The summed E-state index contributed by atoms with van der Waals surface area (Å²) in [6.45, 7) is 4.72. The number of hydrogen-bond acceptors (Lipinski definition) is 1. The molecule has 0 spiro atoms. The first-order valence-corrected chi connectivity index (χ1v) is 22.6. The van der Waals surface area contributed by atoms with Crippen molar-refractivity contribution in [2.45, 2.75) is 19.3 Å². The minimum Gasteiger partial charge on any atom is -0.310 e. The van der Waals surface area contributed by atoms with Crippen molar-refractivity contribution in [1.29, 1.82) is 0 Å². The Morgan fingerprint density at radius 3 is 1.57 bits per heavy atom. The Balaban J connectivity index is 0.965. The highest BCUT2D eigenvalue weighted by atomic mass is 15.1. The Labute approximate surface area is 381 Å². The highest BCUT2D eigenvalue weighted by molar-refractivity contribution is 6.10. The molecule has 0 N–H and O–H groups in total. The predicted molar refractivity (Wildman–Crippen MR) is 275 cm³/mol. The third kappa shape index (κ3) is 6.65. The van der Waals surface area contributed by atoms with Crippen LogP contribution in [0.15, 0.2) is 243 Å². The first kappa shape index (κ1) is 38.5. The summed E-state index contributed by atoms with van der Waals surface area (Å²) in [6, 6.07) is 88.8. The summed E-state index contributed by atoms with van der Waals surface area (Å²) < 4.78 is 2.45. The van der Waals surface area contributed by atoms with Crippen LogP contribution in [-0.2, 0) is 5.41 Å². The van der Waals surface area contributed by atoms with Gasteiger partial charge in [0.15, 0.2) is 0 Å². The lowest BCUT2D eigenvalue weighted by molar-refractivity contribution is 0.660. The molecule has 0 amide bonds. The molecule has 1 aliphatic carbocycles. The normalized spacial score (nSPS) is 12.6. The largest absolute Gasteiger partial charge is 0.310 e. The highest BCUT2D eigenvalue weighted by Gasteiger charge is 2.35. The first-order chi connectivity index (χ1) is 32.0. The van der Waals surface area contributed by atoms with Gasteiger partial charge in [0.05, 0.1) is 11.0 Å². The van der Waals surface area contributed by atoms with Crippen LogP contribution in [-0.4, -0.2) is 4.57 Å². The molecule has 0 aliphatic heterocycles. The van der Waals surface area contributed by atoms with Crippen LogP contribution >= 0.6 is 0 Å². The summed E-state index contributed by atoms with van der Waals surface area (Å²) in [6.07, 6.45) is 0. The van der Waals surface area contributed by atoms with Crippen LogP contribution in [0.1, 0.15) is 25.0 Å². The van der Waals surface area contributed by atoms with E-state index in [1.165, 1.54) is 88.7 Å². The van der Waals surface area contributed by atoms with Crippen LogP contribution in [0.5, 0.6) is 0 Å². The Morgan fingerprint density at radius 1 is 0.308 bits per heavy atom. The summed E-state index contributed by atoms with van der Waals surface area (Å²) in [4.78, 5) is 2.37. The molecule has 65 heavy (non-hydrogen) atoms. The van der Waals surface area contributed by atoms with Gasteiger partial charge in [-0.3, -0.25) is 0 Å².